The standard InChI is InChI=1S/C68H101IN12O13/c1-18-24-49-63(89)80(16)68(8,9)67(93)72-51(33-42(3)4)62(88)79(15)54(65(91)81-31-21-20-22-32-81)38-56(83)77(13)52(34-43(5)6)61(87)73-59(44(7)19-2)66(92)76(12)40-57(84)74(10)41-58(85)78(14)53(37-45-27-29-48(94-17)30-28-45)64(90)75(11)39-55(82)70-50(60(86)71-49)36-46-25-23-26-47(69)35-46/h1,23,25-30,35,42-44,49-54,59H,19-22,24,31-34,36-41H2,2-17H3,(H,70,82)(H,71,86)(H,72,93)(H,73,87)/t44-,49-,50-,51-,52-,53-,54-,59-/m0/s1. The van der Waals surface area contributed by atoms with Crippen LogP contribution < -0.4 is 26.0 Å². The van der Waals surface area contributed by atoms with Crippen LogP contribution in [0.4, 0.5) is 0 Å². The van der Waals surface area contributed by atoms with Crippen LogP contribution in [0.2, 0.25) is 0 Å². The molecule has 0 aromatic heterocycles. The molecule has 8 atom stereocenters. The first kappa shape index (κ1) is 78.6. The van der Waals surface area contributed by atoms with Crippen LogP contribution in [0.15, 0.2) is 48.5 Å². The largest absolute Gasteiger partial charge is 0.497 e. The third kappa shape index (κ3) is 21.9. The summed E-state index contributed by atoms with van der Waals surface area (Å²) in [5.41, 5.74) is -0.526. The number of methoxy groups -OCH3 is 1. The van der Waals surface area contributed by atoms with Crippen LogP contribution in [0.1, 0.15) is 118 Å². The number of hydrogen-bond acceptors (Lipinski definition) is 13. The van der Waals surface area contributed by atoms with Crippen molar-refractivity contribution in [3.63, 3.8) is 0 Å². The predicted octanol–water partition coefficient (Wildman–Crippen LogP) is 2.70. The zero-order chi connectivity index (χ0) is 70.6. The second-order valence-electron chi connectivity index (χ2n) is 26.3. The van der Waals surface area contributed by atoms with Crippen LogP contribution in [-0.2, 0) is 70.4 Å². The number of ether oxygens (including phenoxy) is 1. The summed E-state index contributed by atoms with van der Waals surface area (Å²) in [5, 5.41) is 11.2. The Bertz CT molecular complexity index is 3070. The van der Waals surface area contributed by atoms with Crippen LogP contribution in [0.3, 0.4) is 0 Å². The van der Waals surface area contributed by atoms with Gasteiger partial charge in [0.2, 0.25) is 70.9 Å². The fourth-order valence-electron chi connectivity index (χ4n) is 11.2. The van der Waals surface area contributed by atoms with Crippen molar-refractivity contribution in [3.8, 4) is 18.1 Å². The van der Waals surface area contributed by atoms with Gasteiger partial charge in [-0.1, -0.05) is 72.2 Å². The number of terminal acetylenes is 1. The lowest BCUT2D eigenvalue weighted by Gasteiger charge is -2.39. The van der Waals surface area contributed by atoms with Gasteiger partial charge >= 0.3 is 0 Å². The number of carbonyl (C=O) groups is 12. The van der Waals surface area contributed by atoms with Gasteiger partial charge in [-0.3, -0.25) is 57.5 Å². The first-order chi connectivity index (χ1) is 44.1. The molecule has 2 aromatic rings. The Labute approximate surface area is 569 Å². The van der Waals surface area contributed by atoms with E-state index in [1.807, 2.05) is 40.7 Å². The molecule has 4 rings (SSSR count). The van der Waals surface area contributed by atoms with Crippen LogP contribution in [0, 0.1) is 33.7 Å². The highest BCUT2D eigenvalue weighted by Gasteiger charge is 2.44. The summed E-state index contributed by atoms with van der Waals surface area (Å²) in [5.74, 6) is -6.39. The molecule has 25 nitrogen and oxygen atoms in total. The third-order valence-electron chi connectivity index (χ3n) is 17.8. The Balaban J connectivity index is 1.88. The number of nitrogens with one attached hydrogen (secondary N) is 4. The van der Waals surface area contributed by atoms with Crippen LogP contribution in [0.25, 0.3) is 0 Å². The Morgan fingerprint density at radius 3 is 1.80 bits per heavy atom. The van der Waals surface area contributed by atoms with Gasteiger partial charge in [-0.25, -0.2) is 0 Å². The van der Waals surface area contributed by atoms with Gasteiger partial charge in [0.1, 0.15) is 53.6 Å². The number of halogens is 1. The normalized spacial score (nSPS) is 23.8. The van der Waals surface area contributed by atoms with Gasteiger partial charge in [0.05, 0.1) is 33.2 Å². The summed E-state index contributed by atoms with van der Waals surface area (Å²) in [6.07, 6.45) is 7.57. The minimum absolute atomic E-state index is 0.0568. The monoisotopic (exact) mass is 1420 g/mol. The molecule has 518 valence electrons. The highest BCUT2D eigenvalue weighted by atomic mass is 127. The van der Waals surface area contributed by atoms with Crippen molar-refractivity contribution < 1.29 is 62.3 Å². The maximum Gasteiger partial charge on any atom is 0.246 e. The molecular weight excluding hydrogens is 1320 g/mol. The Morgan fingerprint density at radius 1 is 0.628 bits per heavy atom. The molecular formula is C68H101IN12O13. The number of nitrogens with zero attached hydrogens (tertiary/aromatic N) is 8. The van der Waals surface area contributed by atoms with Gasteiger partial charge in [0.25, 0.3) is 0 Å². The molecule has 0 spiro atoms. The average molecular weight is 1420 g/mol. The van der Waals surface area contributed by atoms with Crippen molar-refractivity contribution >= 4 is 93.5 Å². The molecule has 0 unspecified atom stereocenters. The van der Waals surface area contributed by atoms with Crippen molar-refractivity contribution in [2.45, 2.75) is 167 Å². The first-order valence-electron chi connectivity index (χ1n) is 32.2. The summed E-state index contributed by atoms with van der Waals surface area (Å²) < 4.78 is 6.16. The molecule has 26 heteroatoms. The average Bonchev–Trinajstić information content (AvgIpc) is 0.841. The maximum absolute atomic E-state index is 15.1. The highest BCUT2D eigenvalue weighted by molar-refractivity contribution is 14.1. The van der Waals surface area contributed by atoms with Crippen molar-refractivity contribution in [2.24, 2.45) is 17.8 Å². The zero-order valence-corrected chi connectivity index (χ0v) is 60.0. The van der Waals surface area contributed by atoms with E-state index in [2.05, 4.69) is 49.8 Å². The summed E-state index contributed by atoms with van der Waals surface area (Å²) >= 11 is 2.10. The summed E-state index contributed by atoms with van der Waals surface area (Å²) in [7, 11) is 11.1. The SMILES string of the molecule is C#CC[C@@H]1NC(=O)[C@H](Cc2cccc(I)c2)NC(=O)CN(C)C(=O)[C@H](Cc2ccc(OC)cc2)N(C)C(=O)CN(C)C(=O)CN(C)C(=O)[C@H]([C@@H](C)CC)NC(=O)[C@H](CC(C)C)N(C)C(=O)C[C@@H](C(=O)N2CCCCC2)N(C)C(=O)[C@H](CC(C)C)NC(=O)C(C)(C)N(C)C1=O. The smallest absolute Gasteiger partial charge is 0.246 e. The van der Waals surface area contributed by atoms with E-state index in [-0.39, 0.29) is 43.9 Å². The number of hydrogen-bond donors (Lipinski definition) is 4. The van der Waals surface area contributed by atoms with E-state index in [9.17, 15) is 52.7 Å². The number of piperidine rings is 1. The minimum atomic E-state index is -1.76. The van der Waals surface area contributed by atoms with Gasteiger partial charge in [-0.05, 0) is 122 Å². The molecule has 0 bridgehead atoms. The molecule has 0 radical (unpaired) electrons. The van der Waals surface area contributed by atoms with Crippen LogP contribution >= 0.6 is 22.6 Å². The first-order valence-corrected chi connectivity index (χ1v) is 33.3. The van der Waals surface area contributed by atoms with Crippen molar-refractivity contribution in [1.29, 1.82) is 0 Å². The number of likely N-dealkylation sites (tertiary alicyclic amines) is 1. The van der Waals surface area contributed by atoms with Crippen molar-refractivity contribution in [1.82, 2.24) is 60.5 Å². The summed E-state index contributed by atoms with van der Waals surface area (Å²) in [4.78, 5) is 185. The van der Waals surface area contributed by atoms with E-state index >= 15 is 4.79 Å². The third-order valence-corrected chi connectivity index (χ3v) is 18.4. The fraction of sp³-hybridized carbons (Fsp3) is 0.618. The molecule has 12 amide bonds. The van der Waals surface area contributed by atoms with E-state index < -0.39 is 151 Å². The van der Waals surface area contributed by atoms with Crippen molar-refractivity contribution in [2.75, 3.05) is 89.2 Å². The second-order valence-corrected chi connectivity index (χ2v) is 27.6. The number of rotatable bonds is 13. The van der Waals surface area contributed by atoms with Gasteiger partial charge < -0.3 is 65.2 Å². The van der Waals surface area contributed by atoms with E-state index in [4.69, 9.17) is 11.2 Å². The molecule has 2 aliphatic rings. The minimum Gasteiger partial charge on any atom is -0.497 e. The molecule has 2 aromatic carbocycles. The lowest BCUT2D eigenvalue weighted by Crippen LogP contribution is -2.63. The molecule has 2 fully saturated rings. The van der Waals surface area contributed by atoms with Gasteiger partial charge in [0, 0.05) is 85.3 Å². The molecule has 2 saturated heterocycles. The number of likely N-dealkylation sites (N-methyl/N-ethyl adjacent to an activating group) is 7. The molecule has 2 heterocycles. The lowest BCUT2D eigenvalue weighted by atomic mass is 9.95. The van der Waals surface area contributed by atoms with Gasteiger partial charge in [0.15, 0.2) is 0 Å². The summed E-state index contributed by atoms with van der Waals surface area (Å²) in [6.45, 7) is 12.9. The summed E-state index contributed by atoms with van der Waals surface area (Å²) in [6, 6.07) is 4.70. The Kier molecular flexibility index (Phi) is 30.2. The number of amides is 12. The topological polar surface area (TPSA) is 288 Å². The molecule has 4 N–H and O–H groups in total. The van der Waals surface area contributed by atoms with Crippen LogP contribution in [-0.4, -0.2) is 247 Å². The second kappa shape index (κ2) is 36.2. The van der Waals surface area contributed by atoms with E-state index in [1.165, 1.54) is 80.1 Å². The predicted molar refractivity (Wildman–Crippen MR) is 364 cm³/mol. The fourth-order valence-corrected chi connectivity index (χ4v) is 11.8. The van der Waals surface area contributed by atoms with E-state index in [0.717, 1.165) is 34.5 Å². The van der Waals surface area contributed by atoms with Crippen LogP contribution in [0.5, 0.6) is 5.75 Å². The van der Waals surface area contributed by atoms with E-state index in [1.54, 1.807) is 54.3 Å². The molecule has 0 saturated carbocycles. The van der Waals surface area contributed by atoms with Gasteiger partial charge in [-0.15, -0.1) is 12.3 Å². The zero-order valence-electron chi connectivity index (χ0n) is 57.8. The number of benzene rings is 2. The quantitative estimate of drug-likeness (QED) is 0.166. The molecule has 2 aliphatic heterocycles. The Hall–Kier alpha value is -7.83. The number of carbonyl (C=O) groups excluding carboxylic acids is 12. The van der Waals surface area contributed by atoms with Gasteiger partial charge in [-0.2, -0.15) is 0 Å². The van der Waals surface area contributed by atoms with Crippen molar-refractivity contribution in [3.05, 3.63) is 63.2 Å². The highest BCUT2D eigenvalue weighted by Crippen LogP contribution is 2.24. The maximum atomic E-state index is 15.1. The lowest BCUT2D eigenvalue weighted by molar-refractivity contribution is -0.152. The Morgan fingerprint density at radius 2 is 1.22 bits per heavy atom. The van der Waals surface area contributed by atoms with E-state index in [0.29, 0.717) is 49.2 Å². The molecule has 0 aliphatic carbocycles. The molecule has 94 heavy (non-hydrogen) atoms.